The molecule has 0 atom stereocenters. The molecule has 18 heavy (non-hydrogen) atoms. The van der Waals surface area contributed by atoms with Gasteiger partial charge in [-0.15, -0.1) is 0 Å². The summed E-state index contributed by atoms with van der Waals surface area (Å²) in [4.78, 5) is 21.1. The molecule has 0 N–H and O–H groups in total. The number of nitro benzene ring substituents is 1. The fourth-order valence-corrected chi connectivity index (χ4v) is 2.04. The van der Waals surface area contributed by atoms with Crippen molar-refractivity contribution in [2.24, 2.45) is 0 Å². The Labute approximate surface area is 110 Å². The van der Waals surface area contributed by atoms with E-state index in [2.05, 4.69) is 0 Å². The van der Waals surface area contributed by atoms with Crippen molar-refractivity contribution >= 4 is 28.6 Å². The quantitative estimate of drug-likeness (QED) is 0.464. The Morgan fingerprint density at radius 3 is 2.83 bits per heavy atom. The second-order valence-electron chi connectivity index (χ2n) is 3.78. The van der Waals surface area contributed by atoms with Gasteiger partial charge in [0.2, 0.25) is 0 Å². The molecule has 0 unspecified atom stereocenters. The zero-order chi connectivity index (χ0) is 13.5. The Bertz CT molecular complexity index is 483. The van der Waals surface area contributed by atoms with E-state index in [4.69, 9.17) is 0 Å². The molecule has 5 heteroatoms. The highest BCUT2D eigenvalue weighted by molar-refractivity contribution is 8.13. The molecule has 0 saturated carbocycles. The van der Waals surface area contributed by atoms with Crippen LogP contribution < -0.4 is 0 Å². The Morgan fingerprint density at radius 1 is 1.50 bits per heavy atom. The zero-order valence-electron chi connectivity index (χ0n) is 10.4. The lowest BCUT2D eigenvalue weighted by molar-refractivity contribution is -0.385. The first kappa shape index (κ1) is 14.4. The maximum atomic E-state index is 10.8. The van der Waals surface area contributed by atoms with Crippen molar-refractivity contribution in [3.63, 3.8) is 0 Å². The maximum Gasteiger partial charge on any atom is 0.272 e. The third kappa shape index (κ3) is 4.33. The van der Waals surface area contributed by atoms with E-state index in [-0.39, 0.29) is 15.7 Å². The summed E-state index contributed by atoms with van der Waals surface area (Å²) in [5, 5.41) is 10.9. The van der Waals surface area contributed by atoms with Crippen LogP contribution in [-0.4, -0.2) is 15.8 Å². The summed E-state index contributed by atoms with van der Waals surface area (Å²) in [6.07, 6.45) is 4.57. The molecule has 0 aliphatic carbocycles. The summed E-state index contributed by atoms with van der Waals surface area (Å²) in [7, 11) is 0. The molecular weight excluding hydrogens is 250 g/mol. The number of carbonyl (C=O) groups is 1. The highest BCUT2D eigenvalue weighted by Crippen LogP contribution is 2.22. The van der Waals surface area contributed by atoms with Crippen LogP contribution in [0.5, 0.6) is 0 Å². The van der Waals surface area contributed by atoms with Crippen LogP contribution in [0.3, 0.4) is 0 Å². The van der Waals surface area contributed by atoms with Gasteiger partial charge in [0.15, 0.2) is 5.12 Å². The number of hydrogen-bond donors (Lipinski definition) is 0. The van der Waals surface area contributed by atoms with Gasteiger partial charge in [0.25, 0.3) is 5.69 Å². The predicted molar refractivity (Wildman–Crippen MR) is 74.6 cm³/mol. The molecule has 0 heterocycles. The van der Waals surface area contributed by atoms with Gasteiger partial charge in [-0.2, -0.15) is 0 Å². The number of rotatable bonds is 5. The molecule has 0 aromatic heterocycles. The van der Waals surface area contributed by atoms with Crippen LogP contribution in [0.4, 0.5) is 5.69 Å². The van der Waals surface area contributed by atoms with Crippen molar-refractivity contribution in [1.29, 1.82) is 0 Å². The van der Waals surface area contributed by atoms with Crippen LogP contribution >= 0.6 is 11.8 Å². The molecular formula is C13H15NO3S. The number of nitro groups is 1. The molecule has 0 fully saturated rings. The maximum absolute atomic E-state index is 10.8. The highest BCUT2D eigenvalue weighted by Gasteiger charge is 2.10. The van der Waals surface area contributed by atoms with E-state index in [0.717, 1.165) is 17.7 Å². The number of thioether (sulfide) groups is 1. The normalized spacial score (nSPS) is 10.8. The molecule has 0 amide bonds. The predicted octanol–water partition coefficient (Wildman–Crippen LogP) is 3.59. The average molecular weight is 265 g/mol. The summed E-state index contributed by atoms with van der Waals surface area (Å²) in [5.41, 5.74) is 1.64. The number of carbonyl (C=O) groups excluding carboxylic acids is 1. The van der Waals surface area contributed by atoms with E-state index in [0.29, 0.717) is 5.56 Å². The zero-order valence-corrected chi connectivity index (χ0v) is 11.2. The van der Waals surface area contributed by atoms with E-state index in [1.807, 2.05) is 18.2 Å². The van der Waals surface area contributed by atoms with Crippen LogP contribution in [0.1, 0.15) is 24.5 Å². The van der Waals surface area contributed by atoms with Gasteiger partial charge in [-0.1, -0.05) is 36.0 Å². The van der Waals surface area contributed by atoms with E-state index < -0.39 is 0 Å². The fraction of sp³-hybridized carbons (Fsp3) is 0.308. The Balaban J connectivity index is 2.67. The highest BCUT2D eigenvalue weighted by atomic mass is 32.2. The topological polar surface area (TPSA) is 60.2 Å². The first-order valence-corrected chi connectivity index (χ1v) is 6.55. The number of allylic oxidation sites excluding steroid dienone is 1. The van der Waals surface area contributed by atoms with Gasteiger partial charge in [0, 0.05) is 24.3 Å². The van der Waals surface area contributed by atoms with Gasteiger partial charge < -0.3 is 0 Å². The molecule has 1 aromatic rings. The molecule has 4 nitrogen and oxygen atoms in total. The summed E-state index contributed by atoms with van der Waals surface area (Å²) in [6.45, 7) is 3.28. The second kappa shape index (κ2) is 6.96. The largest absolute Gasteiger partial charge is 0.288 e. The lowest BCUT2D eigenvalue weighted by Gasteiger charge is -2.01. The van der Waals surface area contributed by atoms with E-state index in [1.54, 1.807) is 19.9 Å². The van der Waals surface area contributed by atoms with Crippen molar-refractivity contribution < 1.29 is 9.72 Å². The molecule has 0 saturated heterocycles. The van der Waals surface area contributed by atoms with Crippen molar-refractivity contribution in [1.82, 2.24) is 0 Å². The molecule has 0 aliphatic heterocycles. The Hall–Kier alpha value is -1.62. The van der Waals surface area contributed by atoms with Crippen molar-refractivity contribution in [3.8, 4) is 0 Å². The van der Waals surface area contributed by atoms with Crippen LogP contribution in [0, 0.1) is 17.0 Å². The van der Waals surface area contributed by atoms with Gasteiger partial charge >= 0.3 is 0 Å². The van der Waals surface area contributed by atoms with Crippen molar-refractivity contribution in [3.05, 3.63) is 45.5 Å². The van der Waals surface area contributed by atoms with E-state index in [9.17, 15) is 14.9 Å². The van der Waals surface area contributed by atoms with Gasteiger partial charge in [-0.05, 0) is 18.9 Å². The summed E-state index contributed by atoms with van der Waals surface area (Å²) in [6, 6.07) is 5.02. The van der Waals surface area contributed by atoms with E-state index >= 15 is 0 Å². The van der Waals surface area contributed by atoms with Crippen LogP contribution in [0.15, 0.2) is 24.3 Å². The van der Waals surface area contributed by atoms with Gasteiger partial charge in [0.1, 0.15) is 0 Å². The van der Waals surface area contributed by atoms with Crippen LogP contribution in [0.25, 0.3) is 6.08 Å². The SMILES string of the molecule is CC(=O)SCCC=Cc1cccc([N+](=O)[O-])c1C. The smallest absolute Gasteiger partial charge is 0.272 e. The molecule has 0 aliphatic rings. The summed E-state index contributed by atoms with van der Waals surface area (Å²) < 4.78 is 0. The first-order chi connectivity index (χ1) is 8.52. The van der Waals surface area contributed by atoms with Crippen molar-refractivity contribution in [2.75, 3.05) is 5.75 Å². The van der Waals surface area contributed by atoms with Gasteiger partial charge in [-0.25, -0.2) is 0 Å². The Kier molecular flexibility index (Phi) is 5.58. The minimum atomic E-state index is -0.377. The van der Waals surface area contributed by atoms with E-state index in [1.165, 1.54) is 17.8 Å². The minimum Gasteiger partial charge on any atom is -0.288 e. The fourth-order valence-electron chi connectivity index (χ4n) is 1.50. The molecule has 0 radical (unpaired) electrons. The lowest BCUT2D eigenvalue weighted by Crippen LogP contribution is -1.93. The number of nitrogens with zero attached hydrogens (tertiary/aromatic N) is 1. The lowest BCUT2D eigenvalue weighted by atomic mass is 10.1. The third-order valence-electron chi connectivity index (χ3n) is 2.43. The standard InChI is InChI=1S/C13H15NO3S/c1-10-12(6-3-4-9-18-11(2)15)7-5-8-13(10)14(16)17/h3,5-8H,4,9H2,1-2H3. The number of benzene rings is 1. The number of hydrogen-bond acceptors (Lipinski definition) is 4. The second-order valence-corrected chi connectivity index (χ2v) is 5.05. The van der Waals surface area contributed by atoms with Crippen molar-refractivity contribution in [2.45, 2.75) is 20.3 Å². The molecule has 0 spiro atoms. The average Bonchev–Trinajstić information content (AvgIpc) is 2.30. The molecule has 0 bridgehead atoms. The van der Waals surface area contributed by atoms with Gasteiger partial charge in [-0.3, -0.25) is 14.9 Å². The third-order valence-corrected chi connectivity index (χ3v) is 3.28. The van der Waals surface area contributed by atoms with Crippen LogP contribution in [-0.2, 0) is 4.79 Å². The van der Waals surface area contributed by atoms with Crippen LogP contribution in [0.2, 0.25) is 0 Å². The molecule has 1 aromatic carbocycles. The Morgan fingerprint density at radius 2 is 2.22 bits per heavy atom. The minimum absolute atomic E-state index is 0.106. The first-order valence-electron chi connectivity index (χ1n) is 5.56. The molecule has 96 valence electrons. The van der Waals surface area contributed by atoms with Gasteiger partial charge in [0.05, 0.1) is 4.92 Å². The monoisotopic (exact) mass is 265 g/mol. The summed E-state index contributed by atoms with van der Waals surface area (Å²) in [5.74, 6) is 0.736. The summed E-state index contributed by atoms with van der Waals surface area (Å²) >= 11 is 1.28. The molecule has 1 rings (SSSR count).